The molecule has 0 aliphatic rings. The summed E-state index contributed by atoms with van der Waals surface area (Å²) in [5.41, 5.74) is 0. The summed E-state index contributed by atoms with van der Waals surface area (Å²) in [6.45, 7) is 3.54. The molecule has 0 N–H and O–H groups in total. The maximum Gasteiger partial charge on any atom is 0.198 e. The maximum atomic E-state index is 11.3. The molecule has 0 aliphatic carbocycles. The Morgan fingerprint density at radius 2 is 2.42 bits per heavy atom. The van der Waals surface area contributed by atoms with E-state index in [9.17, 15) is 4.79 Å². The minimum absolute atomic E-state index is 0.0144. The third-order valence-corrected chi connectivity index (χ3v) is 1.85. The normalized spacial score (nSPS) is 9.75. The van der Waals surface area contributed by atoms with Crippen LogP contribution in [-0.2, 0) is 0 Å². The SMILES string of the molecule is C=CCCC(=O)c1ccc(Br)o1. The molecule has 0 spiro atoms. The van der Waals surface area contributed by atoms with E-state index in [1.807, 2.05) is 0 Å². The number of Topliss-reactive ketones (excluding diaryl/α,β-unsaturated/α-hetero) is 1. The molecule has 0 saturated heterocycles. The fourth-order valence-electron chi connectivity index (χ4n) is 0.821. The molecule has 0 radical (unpaired) electrons. The van der Waals surface area contributed by atoms with Crippen molar-refractivity contribution in [3.05, 3.63) is 35.2 Å². The molecule has 0 bridgehead atoms. The van der Waals surface area contributed by atoms with E-state index in [1.54, 1.807) is 18.2 Å². The van der Waals surface area contributed by atoms with E-state index < -0.39 is 0 Å². The number of furan rings is 1. The van der Waals surface area contributed by atoms with Gasteiger partial charge in [0.1, 0.15) is 0 Å². The van der Waals surface area contributed by atoms with Gasteiger partial charge in [0.25, 0.3) is 0 Å². The van der Waals surface area contributed by atoms with Crippen molar-refractivity contribution < 1.29 is 9.21 Å². The van der Waals surface area contributed by atoms with Crippen molar-refractivity contribution in [1.29, 1.82) is 0 Å². The molecule has 0 unspecified atom stereocenters. The lowest BCUT2D eigenvalue weighted by Gasteiger charge is -1.91. The molecular formula is C9H9BrO2. The first-order valence-corrected chi connectivity index (χ1v) is 4.43. The smallest absolute Gasteiger partial charge is 0.198 e. The van der Waals surface area contributed by atoms with Crippen LogP contribution in [0.1, 0.15) is 23.4 Å². The highest BCUT2D eigenvalue weighted by Crippen LogP contribution is 2.15. The Kier molecular flexibility index (Phi) is 3.29. The highest BCUT2D eigenvalue weighted by atomic mass is 79.9. The van der Waals surface area contributed by atoms with E-state index in [2.05, 4.69) is 22.5 Å². The quantitative estimate of drug-likeness (QED) is 0.586. The van der Waals surface area contributed by atoms with Crippen molar-refractivity contribution in [3.63, 3.8) is 0 Å². The van der Waals surface area contributed by atoms with Crippen LogP contribution in [0.2, 0.25) is 0 Å². The minimum Gasteiger partial charge on any atom is -0.446 e. The molecule has 0 saturated carbocycles. The second-order valence-corrected chi connectivity index (χ2v) is 3.14. The van der Waals surface area contributed by atoms with Crippen LogP contribution in [-0.4, -0.2) is 5.78 Å². The molecule has 0 fully saturated rings. The van der Waals surface area contributed by atoms with E-state index in [0.29, 0.717) is 23.3 Å². The summed E-state index contributed by atoms with van der Waals surface area (Å²) >= 11 is 3.13. The fourth-order valence-corrected chi connectivity index (χ4v) is 1.13. The van der Waals surface area contributed by atoms with Gasteiger partial charge in [0.2, 0.25) is 0 Å². The summed E-state index contributed by atoms with van der Waals surface area (Å²) in [7, 11) is 0. The lowest BCUT2D eigenvalue weighted by molar-refractivity contribution is 0.0955. The topological polar surface area (TPSA) is 30.2 Å². The third kappa shape index (κ3) is 2.34. The molecular weight excluding hydrogens is 220 g/mol. The van der Waals surface area contributed by atoms with Crippen molar-refractivity contribution in [3.8, 4) is 0 Å². The summed E-state index contributed by atoms with van der Waals surface area (Å²) in [6, 6.07) is 3.37. The van der Waals surface area contributed by atoms with Crippen LogP contribution in [0.5, 0.6) is 0 Å². The van der Waals surface area contributed by atoms with E-state index in [4.69, 9.17) is 4.42 Å². The van der Waals surface area contributed by atoms with E-state index in [1.165, 1.54) is 0 Å². The average molecular weight is 229 g/mol. The van der Waals surface area contributed by atoms with Gasteiger partial charge in [-0.3, -0.25) is 4.79 Å². The molecule has 12 heavy (non-hydrogen) atoms. The summed E-state index contributed by atoms with van der Waals surface area (Å²) in [4.78, 5) is 11.3. The Balaban J connectivity index is 2.59. The van der Waals surface area contributed by atoms with Crippen LogP contribution in [0.15, 0.2) is 33.9 Å². The van der Waals surface area contributed by atoms with E-state index in [0.717, 1.165) is 0 Å². The van der Waals surface area contributed by atoms with Crippen LogP contribution in [0.3, 0.4) is 0 Å². The highest BCUT2D eigenvalue weighted by Gasteiger charge is 2.08. The Hall–Kier alpha value is -0.830. The predicted molar refractivity (Wildman–Crippen MR) is 50.2 cm³/mol. The number of rotatable bonds is 4. The lowest BCUT2D eigenvalue weighted by atomic mass is 10.2. The minimum atomic E-state index is 0.0144. The van der Waals surface area contributed by atoms with Crippen molar-refractivity contribution in [2.45, 2.75) is 12.8 Å². The van der Waals surface area contributed by atoms with Crippen LogP contribution in [0, 0.1) is 0 Å². The van der Waals surface area contributed by atoms with Gasteiger partial charge in [-0.2, -0.15) is 0 Å². The summed E-state index contributed by atoms with van der Waals surface area (Å²) in [6.07, 6.45) is 2.87. The molecule has 0 amide bonds. The molecule has 0 atom stereocenters. The zero-order chi connectivity index (χ0) is 8.97. The first-order valence-electron chi connectivity index (χ1n) is 3.63. The molecule has 1 aromatic heterocycles. The Morgan fingerprint density at radius 1 is 1.67 bits per heavy atom. The van der Waals surface area contributed by atoms with Gasteiger partial charge in [-0.25, -0.2) is 0 Å². The van der Waals surface area contributed by atoms with E-state index in [-0.39, 0.29) is 5.78 Å². The number of allylic oxidation sites excluding steroid dienone is 1. The fraction of sp³-hybridized carbons (Fsp3) is 0.222. The Bertz CT molecular complexity index is 288. The van der Waals surface area contributed by atoms with E-state index >= 15 is 0 Å². The Morgan fingerprint density at radius 3 is 2.92 bits per heavy atom. The summed E-state index contributed by atoms with van der Waals surface area (Å²) in [5.74, 6) is 0.421. The number of ketones is 1. The van der Waals surface area contributed by atoms with Gasteiger partial charge in [-0.1, -0.05) is 6.08 Å². The molecule has 0 aliphatic heterocycles. The van der Waals surface area contributed by atoms with Gasteiger partial charge in [0, 0.05) is 6.42 Å². The number of carbonyl (C=O) groups is 1. The average Bonchev–Trinajstić information content (AvgIpc) is 2.47. The van der Waals surface area contributed by atoms with Crippen molar-refractivity contribution in [1.82, 2.24) is 0 Å². The van der Waals surface area contributed by atoms with Gasteiger partial charge in [0.05, 0.1) is 0 Å². The van der Waals surface area contributed by atoms with Gasteiger partial charge >= 0.3 is 0 Å². The zero-order valence-corrected chi connectivity index (χ0v) is 8.13. The van der Waals surface area contributed by atoms with Gasteiger partial charge in [0.15, 0.2) is 16.2 Å². The molecule has 1 aromatic rings. The molecule has 3 heteroatoms. The maximum absolute atomic E-state index is 11.3. The molecule has 0 aromatic carbocycles. The standard InChI is InChI=1S/C9H9BrO2/c1-2-3-4-7(11)8-5-6-9(10)12-8/h2,5-6H,1,3-4H2. The molecule has 64 valence electrons. The Labute approximate surface area is 79.4 Å². The van der Waals surface area contributed by atoms with Crippen molar-refractivity contribution in [2.75, 3.05) is 0 Å². The lowest BCUT2D eigenvalue weighted by Crippen LogP contribution is -1.94. The second-order valence-electron chi connectivity index (χ2n) is 2.35. The van der Waals surface area contributed by atoms with Crippen LogP contribution < -0.4 is 0 Å². The molecule has 1 heterocycles. The molecule has 2 nitrogen and oxygen atoms in total. The second kappa shape index (κ2) is 4.26. The number of hydrogen-bond acceptors (Lipinski definition) is 2. The van der Waals surface area contributed by atoms with Crippen LogP contribution in [0.4, 0.5) is 0 Å². The number of hydrogen-bond donors (Lipinski definition) is 0. The largest absolute Gasteiger partial charge is 0.446 e. The van der Waals surface area contributed by atoms with Crippen molar-refractivity contribution >= 4 is 21.7 Å². The van der Waals surface area contributed by atoms with Gasteiger partial charge in [-0.15, -0.1) is 6.58 Å². The summed E-state index contributed by atoms with van der Waals surface area (Å²) < 4.78 is 5.66. The van der Waals surface area contributed by atoms with Gasteiger partial charge < -0.3 is 4.42 Å². The summed E-state index contributed by atoms with van der Waals surface area (Å²) in [5, 5.41) is 0. The number of carbonyl (C=O) groups excluding carboxylic acids is 1. The zero-order valence-electron chi connectivity index (χ0n) is 6.55. The predicted octanol–water partition coefficient (Wildman–Crippen LogP) is 3.19. The van der Waals surface area contributed by atoms with Gasteiger partial charge in [-0.05, 0) is 34.5 Å². The van der Waals surface area contributed by atoms with Crippen LogP contribution >= 0.6 is 15.9 Å². The first kappa shape index (κ1) is 9.26. The first-order chi connectivity index (χ1) is 5.74. The highest BCUT2D eigenvalue weighted by molar-refractivity contribution is 9.10. The third-order valence-electron chi connectivity index (χ3n) is 1.42. The monoisotopic (exact) mass is 228 g/mol. The van der Waals surface area contributed by atoms with Crippen molar-refractivity contribution in [2.24, 2.45) is 0 Å². The number of halogens is 1. The van der Waals surface area contributed by atoms with Crippen LogP contribution in [0.25, 0.3) is 0 Å². The molecule has 1 rings (SSSR count).